The lowest BCUT2D eigenvalue weighted by Gasteiger charge is -2.29. The molecule has 18 rings (SSSR count). The fourth-order valence-electron chi connectivity index (χ4n) is 20.9. The number of aliphatic hydroxyl groups is 2. The molecule has 0 amide bonds. The molecule has 0 spiro atoms. The Morgan fingerprint density at radius 1 is 0.423 bits per heavy atom. The van der Waals surface area contributed by atoms with E-state index < -0.39 is 0 Å². The zero-order chi connectivity index (χ0) is 89.7. The number of benzene rings is 9. The van der Waals surface area contributed by atoms with E-state index in [2.05, 4.69) is 197 Å². The molecule has 6 aliphatic rings. The molecule has 0 bridgehead atoms. The number of nitrogens with one attached hydrogen (secondary N) is 3. The van der Waals surface area contributed by atoms with Crippen molar-refractivity contribution in [1.29, 1.82) is 0 Å². The molecule has 19 nitrogen and oxygen atoms in total. The van der Waals surface area contributed by atoms with Gasteiger partial charge in [-0.25, -0.2) is 15.0 Å². The van der Waals surface area contributed by atoms with E-state index in [9.17, 15) is 24.6 Å². The molecule has 3 aromatic heterocycles. The molecule has 5 heterocycles. The molecule has 2 aliphatic heterocycles. The first-order valence-electron chi connectivity index (χ1n) is 48.6. The van der Waals surface area contributed by atoms with Gasteiger partial charge in [-0.05, 0) is 269 Å². The largest absolute Gasteiger partial charge is 0.395 e. The number of ether oxygens (including phenoxy) is 2. The third-order valence-corrected chi connectivity index (χ3v) is 28.8. The van der Waals surface area contributed by atoms with Gasteiger partial charge >= 0.3 is 0 Å². The number of hydrogen-bond acceptors (Lipinski definition) is 16. The lowest BCUT2D eigenvalue weighted by molar-refractivity contribution is -0.118. The van der Waals surface area contributed by atoms with E-state index >= 15 is 0 Å². The van der Waals surface area contributed by atoms with Gasteiger partial charge in [-0.2, -0.15) is 0 Å². The van der Waals surface area contributed by atoms with Crippen molar-refractivity contribution in [2.75, 3.05) is 107 Å². The van der Waals surface area contributed by atoms with Crippen LogP contribution in [0, 0.1) is 23.7 Å². The summed E-state index contributed by atoms with van der Waals surface area (Å²) in [7, 11) is 0. The number of Topliss-reactive ketones (excluding diaryl/α,β-unsaturated/α-hetero) is 3. The van der Waals surface area contributed by atoms with Gasteiger partial charge in [0, 0.05) is 130 Å². The SMILES string of the molecule is CC(=O)CC(NCC1CCCCC1)c1ccc2c(c1)nc(-c1ccc(N3CCOCC3)cc1)n2CC1CCCCC1.CC(=O)CC(NCC1CCCCC1)c1ccc2c(c1)nc(-c1ccc(N3CCOCC3)cc1)n2Cc1cccc2ccccc12.CC(=O)CC(NCc1ccc(Cl)c(Cl)c1)c1ccc2c(c1)nc(-c1ccc(N(CCO)CCO)cc1)n2CC1CCCCC1. The van der Waals surface area contributed by atoms with Crippen molar-refractivity contribution in [3.63, 3.8) is 0 Å². The van der Waals surface area contributed by atoms with Crippen LogP contribution in [0.2, 0.25) is 10.0 Å². The highest BCUT2D eigenvalue weighted by atomic mass is 35.5. The van der Waals surface area contributed by atoms with Gasteiger partial charge in [-0.3, -0.25) is 14.4 Å². The number of anilines is 3. The highest BCUT2D eigenvalue weighted by Crippen LogP contribution is 2.40. The molecule has 12 aromatic rings. The average Bonchev–Trinajstić information content (AvgIpc) is 1.62. The minimum Gasteiger partial charge on any atom is -0.395 e. The highest BCUT2D eigenvalue weighted by Gasteiger charge is 2.29. The van der Waals surface area contributed by atoms with Crippen molar-refractivity contribution in [1.82, 2.24) is 44.6 Å². The monoisotopic (exact) mass is 1790 g/mol. The Kier molecular flexibility index (Phi) is 33.2. The number of imidazole rings is 3. The standard InChI is InChI=1S/C39H44N4O2.C35H42Cl2N4O3.C35H48N4O2/c1-28(44)24-36(40-26-29-8-3-2-4-9-29)32-16-19-38-37(25-32)41-39(31-14-17-34(18-15-31)42-20-22-45-23-21-42)43(38)27-33-12-7-11-30-10-5-6-13-35(30)33;1-24(44)19-32(38-22-26-7-13-30(36)31(37)20-26)28-10-14-34-33(21-28)39-35(41(34)23-25-5-3-2-4-6-25)27-8-11-29(12-9-27)40(15-17-42)16-18-43;1-26(40)22-32(36-24-27-8-4-2-5-9-27)30-14-17-34-33(23-30)37-35(39(34)25-28-10-6-3-7-11-28)29-12-15-31(16-13-29)38-18-20-41-21-19-38/h5-7,10-19,25,29,36,40H,2-4,8-9,20-24,26-27H2,1H3;7-14,20-21,25,32,38,42-43H,2-6,15-19,22-23H2,1H3;12-17,23,27-28,32,36H,2-11,18-22,24-25H2,1H3. The predicted octanol–water partition coefficient (Wildman–Crippen LogP) is 22.4. The second kappa shape index (κ2) is 46.1. The van der Waals surface area contributed by atoms with E-state index in [-0.39, 0.29) is 48.7 Å². The van der Waals surface area contributed by atoms with Crippen LogP contribution in [0.15, 0.2) is 188 Å². The zero-order valence-corrected chi connectivity index (χ0v) is 78.2. The maximum absolute atomic E-state index is 12.4. The maximum atomic E-state index is 12.4. The quantitative estimate of drug-likeness (QED) is 0.0254. The molecule has 21 heteroatoms. The summed E-state index contributed by atoms with van der Waals surface area (Å²) in [5.74, 6) is 6.24. The number of rotatable bonds is 34. The molecule has 9 aromatic carbocycles. The Labute approximate surface area is 778 Å². The second-order valence-electron chi connectivity index (χ2n) is 37.6. The first kappa shape index (κ1) is 93.6. The molecule has 0 radical (unpaired) electrons. The number of halogens is 2. The van der Waals surface area contributed by atoms with Crippen molar-refractivity contribution in [2.45, 2.75) is 213 Å². The first-order chi connectivity index (χ1) is 63.6. The number of fused-ring (bicyclic) bond motifs is 4. The van der Waals surface area contributed by atoms with E-state index in [1.54, 1.807) is 26.8 Å². The molecule has 4 saturated carbocycles. The summed E-state index contributed by atoms with van der Waals surface area (Å²) < 4.78 is 18.3. The van der Waals surface area contributed by atoms with Gasteiger partial charge in [0.05, 0.1) is 89.3 Å². The van der Waals surface area contributed by atoms with Gasteiger partial charge in [-0.1, -0.05) is 167 Å². The van der Waals surface area contributed by atoms with Crippen molar-refractivity contribution in [2.24, 2.45) is 23.7 Å². The van der Waals surface area contributed by atoms with Gasteiger partial charge in [0.2, 0.25) is 0 Å². The number of aliphatic hydroxyl groups excluding tert-OH is 2. The molecule has 6 fully saturated rings. The second-order valence-corrected chi connectivity index (χ2v) is 38.4. The Morgan fingerprint density at radius 2 is 0.815 bits per heavy atom. The van der Waals surface area contributed by atoms with Crippen LogP contribution in [0.5, 0.6) is 0 Å². The lowest BCUT2D eigenvalue weighted by Crippen LogP contribution is -2.36. The molecular formula is C109H134Cl2N12O7. The minimum atomic E-state index is -0.179. The van der Waals surface area contributed by atoms with E-state index in [1.165, 1.54) is 173 Å². The smallest absolute Gasteiger partial charge is 0.141 e. The van der Waals surface area contributed by atoms with Gasteiger partial charge in [0.15, 0.2) is 0 Å². The molecule has 2 saturated heterocycles. The lowest BCUT2D eigenvalue weighted by atomic mass is 9.88. The Hall–Kier alpha value is -9.64. The van der Waals surface area contributed by atoms with Crippen LogP contribution in [-0.2, 0) is 50.0 Å². The Morgan fingerprint density at radius 3 is 1.24 bits per heavy atom. The van der Waals surface area contributed by atoms with Crippen LogP contribution in [-0.4, -0.2) is 148 Å². The summed E-state index contributed by atoms with van der Waals surface area (Å²) in [6.45, 7) is 18.0. The predicted molar refractivity (Wildman–Crippen MR) is 531 cm³/mol. The summed E-state index contributed by atoms with van der Waals surface area (Å²) >= 11 is 12.3. The summed E-state index contributed by atoms with van der Waals surface area (Å²) in [5, 5.41) is 33.6. The van der Waals surface area contributed by atoms with E-state index in [0.717, 1.165) is 163 Å². The van der Waals surface area contributed by atoms with Crippen LogP contribution in [0.3, 0.4) is 0 Å². The molecule has 3 atom stereocenters. The van der Waals surface area contributed by atoms with E-state index in [0.29, 0.717) is 73.2 Å². The third-order valence-electron chi connectivity index (χ3n) is 28.1. The van der Waals surface area contributed by atoms with Crippen LogP contribution >= 0.6 is 23.2 Å². The van der Waals surface area contributed by atoms with Crippen LogP contribution in [0.25, 0.3) is 78.0 Å². The topological polar surface area (TPSA) is 209 Å². The number of carbonyl (C=O) groups excluding carboxylic acids is 3. The van der Waals surface area contributed by atoms with Crippen LogP contribution < -0.4 is 30.7 Å². The summed E-state index contributed by atoms with van der Waals surface area (Å²) in [4.78, 5) is 59.5. The van der Waals surface area contributed by atoms with Gasteiger partial charge in [0.1, 0.15) is 34.8 Å². The van der Waals surface area contributed by atoms with Gasteiger partial charge in [-0.15, -0.1) is 0 Å². The number of nitrogens with zero attached hydrogens (tertiary/aromatic N) is 9. The number of ketones is 3. The van der Waals surface area contributed by atoms with Crippen molar-refractivity contribution < 1.29 is 34.1 Å². The van der Waals surface area contributed by atoms with Crippen molar-refractivity contribution in [3.8, 4) is 34.2 Å². The molecule has 130 heavy (non-hydrogen) atoms. The molecule has 5 N–H and O–H groups in total. The summed E-state index contributed by atoms with van der Waals surface area (Å²) in [6, 6.07) is 66.4. The molecule has 3 unspecified atom stereocenters. The first-order valence-corrected chi connectivity index (χ1v) is 49.4. The Balaban J connectivity index is 0.000000143. The summed E-state index contributed by atoms with van der Waals surface area (Å²) in [5.41, 5.74) is 18.6. The fraction of sp³-hybridized carbons (Fsp3) is 0.468. The van der Waals surface area contributed by atoms with Crippen LogP contribution in [0.4, 0.5) is 17.1 Å². The number of hydrogen-bond donors (Lipinski definition) is 5. The Bertz CT molecular complexity index is 5690. The number of carbonyl (C=O) groups is 3. The van der Waals surface area contributed by atoms with Gasteiger partial charge in [0.25, 0.3) is 0 Å². The molecule has 4 aliphatic carbocycles. The highest BCUT2D eigenvalue weighted by molar-refractivity contribution is 6.42. The van der Waals surface area contributed by atoms with E-state index in [1.807, 2.05) is 29.2 Å². The molecular weight excluding hydrogens is 1660 g/mol. The van der Waals surface area contributed by atoms with E-state index in [4.69, 9.17) is 47.6 Å². The third kappa shape index (κ3) is 24.4. The number of aromatic nitrogens is 6. The fourth-order valence-corrected chi connectivity index (χ4v) is 21.3. The van der Waals surface area contributed by atoms with Crippen molar-refractivity contribution >= 4 is 101 Å². The molecule has 686 valence electrons. The normalized spacial score (nSPS) is 17.1. The number of morpholine rings is 2. The zero-order valence-electron chi connectivity index (χ0n) is 76.6. The maximum Gasteiger partial charge on any atom is 0.141 e. The summed E-state index contributed by atoms with van der Waals surface area (Å²) in [6.07, 6.45) is 27.5. The van der Waals surface area contributed by atoms with Crippen LogP contribution in [0.1, 0.15) is 214 Å². The minimum absolute atomic E-state index is 0.00620. The van der Waals surface area contributed by atoms with Gasteiger partial charge < -0.3 is 64.0 Å². The van der Waals surface area contributed by atoms with Crippen molar-refractivity contribution in [3.05, 3.63) is 226 Å². The average molecular weight is 1800 g/mol.